The first-order chi connectivity index (χ1) is 16.4. The fourth-order valence-electron chi connectivity index (χ4n) is 2.90. The molecule has 3 rings (SSSR count). The van der Waals surface area contributed by atoms with Gasteiger partial charge in [-0.2, -0.15) is 5.10 Å². The van der Waals surface area contributed by atoms with E-state index in [1.54, 1.807) is 30.3 Å². The lowest BCUT2D eigenvalue weighted by atomic mass is 10.2. The monoisotopic (exact) mass is 528 g/mol. The third-order valence-electron chi connectivity index (χ3n) is 4.57. The van der Waals surface area contributed by atoms with Gasteiger partial charge in [0.05, 0.1) is 38.7 Å². The van der Waals surface area contributed by atoms with Crippen molar-refractivity contribution in [3.8, 4) is 28.7 Å². The van der Waals surface area contributed by atoms with E-state index in [1.807, 2.05) is 0 Å². The summed E-state index contributed by atoms with van der Waals surface area (Å²) in [5, 5.41) is 13.7. The number of hydrogen-bond acceptors (Lipinski definition) is 8. The van der Waals surface area contributed by atoms with Crippen LogP contribution in [-0.4, -0.2) is 44.5 Å². The molecule has 0 aliphatic carbocycles. The van der Waals surface area contributed by atoms with Gasteiger partial charge in [-0.05, 0) is 60.2 Å². The van der Waals surface area contributed by atoms with Crippen LogP contribution in [0, 0.1) is 0 Å². The van der Waals surface area contributed by atoms with E-state index < -0.39 is 11.9 Å². The van der Waals surface area contributed by atoms with Gasteiger partial charge in [-0.3, -0.25) is 4.79 Å². The molecule has 176 valence electrons. The van der Waals surface area contributed by atoms with Crippen LogP contribution < -0.4 is 24.4 Å². The highest BCUT2D eigenvalue weighted by Crippen LogP contribution is 2.38. The Bertz CT molecular complexity index is 1200. The van der Waals surface area contributed by atoms with Crippen molar-refractivity contribution < 1.29 is 33.6 Å². The molecular formula is C24H21BrN2O7. The Labute approximate surface area is 204 Å². The maximum atomic E-state index is 12.6. The van der Waals surface area contributed by atoms with E-state index >= 15 is 0 Å². The van der Waals surface area contributed by atoms with Crippen LogP contribution in [0.5, 0.6) is 28.7 Å². The zero-order valence-electron chi connectivity index (χ0n) is 18.5. The molecule has 3 aromatic carbocycles. The summed E-state index contributed by atoms with van der Waals surface area (Å²) >= 11 is 3.25. The molecule has 34 heavy (non-hydrogen) atoms. The van der Waals surface area contributed by atoms with Gasteiger partial charge >= 0.3 is 5.97 Å². The third-order valence-corrected chi connectivity index (χ3v) is 5.07. The van der Waals surface area contributed by atoms with Crippen molar-refractivity contribution >= 4 is 34.0 Å². The molecule has 0 spiro atoms. The number of benzene rings is 3. The minimum Gasteiger partial charge on any atom is -0.507 e. The molecule has 0 aliphatic rings. The number of methoxy groups -OCH3 is 3. The van der Waals surface area contributed by atoms with Crippen molar-refractivity contribution in [2.24, 2.45) is 5.10 Å². The van der Waals surface area contributed by atoms with Crippen LogP contribution in [0.1, 0.15) is 26.3 Å². The number of aromatic hydroxyl groups is 1. The standard InChI is InChI=1S/C24H21BrN2O7/c1-31-20-10-15(11-21(32-2)22(20)33-3)24(30)34-17-7-4-14(5-8-17)13-26-27-23(29)18-12-16(25)6-9-19(18)28/h4-13,28H,1-3H3,(H,27,29). The smallest absolute Gasteiger partial charge is 0.343 e. The predicted octanol–water partition coefficient (Wildman–Crippen LogP) is 4.16. The van der Waals surface area contributed by atoms with E-state index in [0.717, 1.165) is 0 Å². The van der Waals surface area contributed by atoms with E-state index in [4.69, 9.17) is 18.9 Å². The number of hydrogen-bond donors (Lipinski definition) is 2. The summed E-state index contributed by atoms with van der Waals surface area (Å²) in [6.07, 6.45) is 1.41. The molecule has 3 aromatic rings. The molecule has 2 N–H and O–H groups in total. The Hall–Kier alpha value is -4.05. The number of carbonyl (C=O) groups excluding carboxylic acids is 2. The molecule has 9 nitrogen and oxygen atoms in total. The minimum absolute atomic E-state index is 0.0839. The zero-order valence-corrected chi connectivity index (χ0v) is 20.1. The van der Waals surface area contributed by atoms with Gasteiger partial charge in [0, 0.05) is 4.47 Å². The number of halogens is 1. The summed E-state index contributed by atoms with van der Waals surface area (Å²) in [5.41, 5.74) is 3.29. The Morgan fingerprint density at radius 2 is 1.59 bits per heavy atom. The van der Waals surface area contributed by atoms with Crippen LogP contribution in [0.2, 0.25) is 0 Å². The Morgan fingerprint density at radius 1 is 0.941 bits per heavy atom. The highest BCUT2D eigenvalue weighted by Gasteiger charge is 2.18. The summed E-state index contributed by atoms with van der Waals surface area (Å²) in [5.74, 6) is 0.00504. The van der Waals surface area contributed by atoms with Gasteiger partial charge in [0.15, 0.2) is 11.5 Å². The molecule has 0 saturated carbocycles. The molecule has 0 fully saturated rings. The summed E-state index contributed by atoms with van der Waals surface area (Å²) < 4.78 is 21.8. The second-order valence-corrected chi connectivity index (χ2v) is 7.65. The van der Waals surface area contributed by atoms with Crippen molar-refractivity contribution in [1.82, 2.24) is 5.43 Å². The second kappa shape index (κ2) is 11.2. The van der Waals surface area contributed by atoms with Crippen molar-refractivity contribution in [3.05, 3.63) is 75.8 Å². The number of ether oxygens (including phenoxy) is 4. The Morgan fingerprint density at radius 3 is 2.18 bits per heavy atom. The second-order valence-electron chi connectivity index (χ2n) is 6.73. The SMILES string of the molecule is COc1cc(C(=O)Oc2ccc(C=NNC(=O)c3cc(Br)ccc3O)cc2)cc(OC)c1OC. The molecule has 0 saturated heterocycles. The van der Waals surface area contributed by atoms with Gasteiger partial charge in [-0.25, -0.2) is 10.2 Å². The highest BCUT2D eigenvalue weighted by atomic mass is 79.9. The number of rotatable bonds is 8. The number of amides is 1. The quantitative estimate of drug-likeness (QED) is 0.195. The van der Waals surface area contributed by atoms with Crippen LogP contribution in [0.3, 0.4) is 0 Å². The summed E-state index contributed by atoms with van der Waals surface area (Å²) in [6, 6.07) is 14.0. The molecule has 10 heteroatoms. The Kier molecular flexibility index (Phi) is 8.10. The zero-order chi connectivity index (χ0) is 24.7. The van der Waals surface area contributed by atoms with E-state index in [-0.39, 0.29) is 16.9 Å². The average Bonchev–Trinajstić information content (AvgIpc) is 2.85. The van der Waals surface area contributed by atoms with Crippen molar-refractivity contribution in [1.29, 1.82) is 0 Å². The fourth-order valence-corrected chi connectivity index (χ4v) is 3.26. The molecule has 0 aliphatic heterocycles. The molecule has 0 unspecified atom stereocenters. The largest absolute Gasteiger partial charge is 0.507 e. The van der Waals surface area contributed by atoms with Gasteiger partial charge in [0.1, 0.15) is 11.5 Å². The summed E-state index contributed by atoms with van der Waals surface area (Å²) in [6.45, 7) is 0. The minimum atomic E-state index is -0.609. The van der Waals surface area contributed by atoms with E-state index in [0.29, 0.717) is 33.0 Å². The number of hydrazone groups is 1. The van der Waals surface area contributed by atoms with Crippen LogP contribution in [-0.2, 0) is 0 Å². The van der Waals surface area contributed by atoms with E-state index in [1.165, 1.54) is 51.8 Å². The maximum Gasteiger partial charge on any atom is 0.343 e. The van der Waals surface area contributed by atoms with Crippen molar-refractivity contribution in [3.63, 3.8) is 0 Å². The summed E-state index contributed by atoms with van der Waals surface area (Å²) in [4.78, 5) is 24.8. The van der Waals surface area contributed by atoms with Crippen LogP contribution in [0.15, 0.2) is 64.2 Å². The lowest BCUT2D eigenvalue weighted by Crippen LogP contribution is -2.17. The van der Waals surface area contributed by atoms with Gasteiger partial charge in [-0.1, -0.05) is 15.9 Å². The van der Waals surface area contributed by atoms with Crippen molar-refractivity contribution in [2.45, 2.75) is 0 Å². The first-order valence-corrected chi connectivity index (χ1v) is 10.6. The lowest BCUT2D eigenvalue weighted by Gasteiger charge is -2.13. The van der Waals surface area contributed by atoms with E-state index in [2.05, 4.69) is 26.5 Å². The lowest BCUT2D eigenvalue weighted by molar-refractivity contribution is 0.0733. The van der Waals surface area contributed by atoms with Gasteiger partial charge in [0.25, 0.3) is 5.91 Å². The van der Waals surface area contributed by atoms with Gasteiger partial charge < -0.3 is 24.1 Å². The molecule has 0 atom stereocenters. The molecule has 1 amide bonds. The molecule has 0 bridgehead atoms. The summed E-state index contributed by atoms with van der Waals surface area (Å²) in [7, 11) is 4.38. The van der Waals surface area contributed by atoms with Gasteiger partial charge in [-0.15, -0.1) is 0 Å². The number of nitrogens with zero attached hydrogens (tertiary/aromatic N) is 1. The molecule has 0 heterocycles. The molecule has 0 aromatic heterocycles. The topological polar surface area (TPSA) is 116 Å². The van der Waals surface area contributed by atoms with Crippen LogP contribution >= 0.6 is 15.9 Å². The number of phenols is 1. The number of carbonyl (C=O) groups is 2. The number of phenolic OH excluding ortho intramolecular Hbond substituents is 1. The van der Waals surface area contributed by atoms with Crippen LogP contribution in [0.25, 0.3) is 0 Å². The van der Waals surface area contributed by atoms with Crippen molar-refractivity contribution in [2.75, 3.05) is 21.3 Å². The molecular weight excluding hydrogens is 508 g/mol. The third kappa shape index (κ3) is 5.84. The normalized spacial score (nSPS) is 10.6. The van der Waals surface area contributed by atoms with Gasteiger partial charge in [0.2, 0.25) is 5.75 Å². The van der Waals surface area contributed by atoms with E-state index in [9.17, 15) is 14.7 Å². The molecule has 0 radical (unpaired) electrons. The fraction of sp³-hybridized carbons (Fsp3) is 0.125. The predicted molar refractivity (Wildman–Crippen MR) is 128 cm³/mol. The number of esters is 1. The maximum absolute atomic E-state index is 12.6. The number of nitrogens with one attached hydrogen (secondary N) is 1. The highest BCUT2D eigenvalue weighted by molar-refractivity contribution is 9.10. The first-order valence-electron chi connectivity index (χ1n) is 9.80. The van der Waals surface area contributed by atoms with Crippen LogP contribution in [0.4, 0.5) is 0 Å². The first kappa shape index (κ1) is 24.6. The Balaban J connectivity index is 1.65. The average molecular weight is 529 g/mol.